The summed E-state index contributed by atoms with van der Waals surface area (Å²) in [6.07, 6.45) is 7.14. The van der Waals surface area contributed by atoms with Crippen LogP contribution >= 0.6 is 0 Å². The van der Waals surface area contributed by atoms with Gasteiger partial charge in [0, 0.05) is 49.9 Å². The molecule has 0 atom stereocenters. The van der Waals surface area contributed by atoms with Crippen LogP contribution in [0.25, 0.3) is 28.0 Å². The molecule has 1 aliphatic rings. The molecule has 0 bridgehead atoms. The van der Waals surface area contributed by atoms with Crippen LogP contribution in [-0.4, -0.2) is 70.5 Å². The highest BCUT2D eigenvalue weighted by molar-refractivity contribution is 5.83. The third kappa shape index (κ3) is 6.49. The maximum absolute atomic E-state index is 9.38. The maximum Gasteiger partial charge on any atom is 0.166 e. The van der Waals surface area contributed by atoms with Crippen LogP contribution in [0.4, 0.5) is 5.82 Å². The minimum atomic E-state index is 0.201. The van der Waals surface area contributed by atoms with E-state index < -0.39 is 0 Å². The Morgan fingerprint density at radius 2 is 1.59 bits per heavy atom. The minimum Gasteiger partial charge on any atom is -0.395 e. The molecule has 0 amide bonds. The lowest BCUT2D eigenvalue weighted by molar-refractivity contribution is 0.188. The highest BCUT2D eigenvalue weighted by Crippen LogP contribution is 2.33. The molecular weight excluding hydrogens is 484 g/mol. The third-order valence-corrected chi connectivity index (χ3v) is 7.81. The van der Waals surface area contributed by atoms with Crippen molar-refractivity contribution in [3.05, 3.63) is 71.9 Å². The maximum atomic E-state index is 9.38. The van der Waals surface area contributed by atoms with Crippen molar-refractivity contribution in [2.75, 3.05) is 50.8 Å². The van der Waals surface area contributed by atoms with Gasteiger partial charge in [0.05, 0.1) is 18.0 Å². The fourth-order valence-electron chi connectivity index (χ4n) is 5.66. The zero-order valence-corrected chi connectivity index (χ0v) is 23.2. The Morgan fingerprint density at radius 3 is 2.36 bits per heavy atom. The number of hydrogen-bond donors (Lipinski definition) is 2. The molecule has 3 N–H and O–H groups in total. The number of aryl methyl sites for hydroxylation is 2. The molecule has 0 radical (unpaired) electrons. The van der Waals surface area contributed by atoms with Gasteiger partial charge in [0.2, 0.25) is 0 Å². The highest BCUT2D eigenvalue weighted by Gasteiger charge is 2.23. The number of aromatic nitrogens is 3. The summed E-state index contributed by atoms with van der Waals surface area (Å²) < 4.78 is 2.04. The number of fused-ring (bicyclic) bond motifs is 1. The van der Waals surface area contributed by atoms with Gasteiger partial charge >= 0.3 is 0 Å². The van der Waals surface area contributed by atoms with Crippen molar-refractivity contribution in [3.8, 4) is 22.4 Å². The summed E-state index contributed by atoms with van der Waals surface area (Å²) in [6, 6.07) is 21.5. The number of aliphatic hydroxyl groups excluding tert-OH is 1. The first-order valence-electron chi connectivity index (χ1n) is 14.5. The minimum absolute atomic E-state index is 0.201. The zero-order valence-electron chi connectivity index (χ0n) is 23.2. The smallest absolute Gasteiger partial charge is 0.166 e. The summed E-state index contributed by atoms with van der Waals surface area (Å²) >= 11 is 0. The van der Waals surface area contributed by atoms with Crippen LogP contribution < -0.4 is 10.6 Å². The van der Waals surface area contributed by atoms with E-state index in [4.69, 9.17) is 15.8 Å². The van der Waals surface area contributed by atoms with Crippen molar-refractivity contribution < 1.29 is 5.11 Å². The van der Waals surface area contributed by atoms with Crippen molar-refractivity contribution >= 4 is 11.5 Å². The van der Waals surface area contributed by atoms with E-state index >= 15 is 0 Å². The number of nitrogens with two attached hydrogens (primary N) is 1. The Balaban J connectivity index is 1.49. The van der Waals surface area contributed by atoms with Crippen molar-refractivity contribution in [3.63, 3.8) is 0 Å². The molecule has 0 aliphatic carbocycles. The van der Waals surface area contributed by atoms with E-state index in [9.17, 15) is 5.11 Å². The first-order chi connectivity index (χ1) is 19.2. The summed E-state index contributed by atoms with van der Waals surface area (Å²) in [6.45, 7) is 7.45. The van der Waals surface area contributed by atoms with E-state index in [1.807, 2.05) is 10.6 Å². The summed E-state index contributed by atoms with van der Waals surface area (Å²) in [5, 5.41) is 14.4. The van der Waals surface area contributed by atoms with Gasteiger partial charge in [-0.05, 0) is 43.9 Å². The van der Waals surface area contributed by atoms with E-state index in [0.717, 1.165) is 86.1 Å². The van der Waals surface area contributed by atoms with Crippen molar-refractivity contribution in [2.45, 2.75) is 45.4 Å². The van der Waals surface area contributed by atoms with Crippen LogP contribution in [0, 0.1) is 6.92 Å². The second kappa shape index (κ2) is 13.2. The molecule has 7 heteroatoms. The molecule has 1 aliphatic heterocycles. The molecule has 0 unspecified atom stereocenters. The van der Waals surface area contributed by atoms with Crippen molar-refractivity contribution in [1.82, 2.24) is 19.5 Å². The SMILES string of the molecule is Cc1nn2c(N3CCN(CCO)CC3)cc(-c3ccccc3)nc2c1-c1cccc(CCCCCCCN)c1. The number of piperazine rings is 1. The molecular formula is C32H42N6O. The lowest BCUT2D eigenvalue weighted by Gasteiger charge is -2.35. The molecule has 4 aromatic rings. The Labute approximate surface area is 232 Å². The van der Waals surface area contributed by atoms with Gasteiger partial charge in [0.25, 0.3) is 0 Å². The molecule has 2 aromatic heterocycles. The highest BCUT2D eigenvalue weighted by atomic mass is 16.3. The van der Waals surface area contributed by atoms with E-state index in [0.29, 0.717) is 0 Å². The van der Waals surface area contributed by atoms with Crippen molar-refractivity contribution in [2.24, 2.45) is 5.73 Å². The second-order valence-corrected chi connectivity index (χ2v) is 10.6. The Kier molecular flexibility index (Phi) is 9.24. The van der Waals surface area contributed by atoms with E-state index in [2.05, 4.69) is 71.3 Å². The normalized spacial score (nSPS) is 14.4. The molecule has 2 aromatic carbocycles. The van der Waals surface area contributed by atoms with E-state index in [-0.39, 0.29) is 6.61 Å². The molecule has 0 saturated carbocycles. The van der Waals surface area contributed by atoms with Crippen LogP contribution in [-0.2, 0) is 6.42 Å². The molecule has 5 rings (SSSR count). The summed E-state index contributed by atoms with van der Waals surface area (Å²) in [5.74, 6) is 1.07. The quantitative estimate of drug-likeness (QED) is 0.255. The number of β-amino-alcohol motifs (C(OH)–C–C–N with tert-alkyl or cyclic N) is 1. The summed E-state index contributed by atoms with van der Waals surface area (Å²) in [7, 11) is 0. The molecule has 7 nitrogen and oxygen atoms in total. The monoisotopic (exact) mass is 526 g/mol. The zero-order chi connectivity index (χ0) is 27.0. The third-order valence-electron chi connectivity index (χ3n) is 7.81. The van der Waals surface area contributed by atoms with Gasteiger partial charge in [-0.3, -0.25) is 4.90 Å². The topological polar surface area (TPSA) is 82.9 Å². The molecule has 3 heterocycles. The number of rotatable bonds is 12. The van der Waals surface area contributed by atoms with Gasteiger partial charge in [0.1, 0.15) is 5.82 Å². The Bertz CT molecular complexity index is 1340. The first kappa shape index (κ1) is 27.3. The van der Waals surface area contributed by atoms with Gasteiger partial charge in [-0.1, -0.05) is 73.9 Å². The summed E-state index contributed by atoms with van der Waals surface area (Å²) in [4.78, 5) is 9.92. The van der Waals surface area contributed by atoms with Crippen LogP contribution in [0.5, 0.6) is 0 Å². The van der Waals surface area contributed by atoms with Crippen molar-refractivity contribution in [1.29, 1.82) is 0 Å². The fourth-order valence-corrected chi connectivity index (χ4v) is 5.66. The molecule has 1 fully saturated rings. The molecule has 0 spiro atoms. The lowest BCUT2D eigenvalue weighted by atomic mass is 9.99. The largest absolute Gasteiger partial charge is 0.395 e. The number of anilines is 1. The average Bonchev–Trinajstić information content (AvgIpc) is 3.31. The number of aliphatic hydroxyl groups is 1. The second-order valence-electron chi connectivity index (χ2n) is 10.6. The predicted molar refractivity (Wildman–Crippen MR) is 160 cm³/mol. The van der Waals surface area contributed by atoms with Crippen LogP contribution in [0.3, 0.4) is 0 Å². The number of nitrogens with zero attached hydrogens (tertiary/aromatic N) is 5. The van der Waals surface area contributed by atoms with Gasteiger partial charge in [-0.25, -0.2) is 4.98 Å². The van der Waals surface area contributed by atoms with Crippen LogP contribution in [0.1, 0.15) is 43.4 Å². The molecule has 1 saturated heterocycles. The van der Waals surface area contributed by atoms with Crippen LogP contribution in [0.15, 0.2) is 60.7 Å². The standard InChI is InChI=1S/C32H42N6O/c1-25-31(28-15-10-12-26(23-28)11-6-3-2-4-9-16-33)32-34-29(27-13-7-5-8-14-27)24-30(38(32)35-25)37-19-17-36(18-20-37)21-22-39/h5,7-8,10,12-15,23-24,39H,2-4,6,9,11,16-22,33H2,1H3. The molecule has 206 valence electrons. The number of unbranched alkanes of at least 4 members (excludes halogenated alkanes) is 4. The average molecular weight is 527 g/mol. The van der Waals surface area contributed by atoms with Gasteiger partial charge in [-0.15, -0.1) is 0 Å². The van der Waals surface area contributed by atoms with Crippen LogP contribution in [0.2, 0.25) is 0 Å². The Morgan fingerprint density at radius 1 is 0.846 bits per heavy atom. The fraction of sp³-hybridized carbons (Fsp3) is 0.438. The first-order valence-corrected chi connectivity index (χ1v) is 14.5. The number of benzene rings is 2. The predicted octanol–water partition coefficient (Wildman–Crippen LogP) is 4.94. The van der Waals surface area contributed by atoms with E-state index in [1.165, 1.54) is 36.8 Å². The van der Waals surface area contributed by atoms with Gasteiger partial charge < -0.3 is 15.7 Å². The number of hydrogen-bond acceptors (Lipinski definition) is 6. The Hall–Kier alpha value is -3.26. The van der Waals surface area contributed by atoms with Gasteiger partial charge in [-0.2, -0.15) is 9.61 Å². The lowest BCUT2D eigenvalue weighted by Crippen LogP contribution is -2.47. The summed E-state index contributed by atoms with van der Waals surface area (Å²) in [5.41, 5.74) is 13.3. The molecule has 39 heavy (non-hydrogen) atoms. The van der Waals surface area contributed by atoms with E-state index in [1.54, 1.807) is 0 Å². The van der Waals surface area contributed by atoms with Gasteiger partial charge in [0.15, 0.2) is 5.65 Å².